The highest BCUT2D eigenvalue weighted by atomic mass is 35.5. The van der Waals surface area contributed by atoms with Crippen LogP contribution in [0.25, 0.3) is 11.0 Å². The lowest BCUT2D eigenvalue weighted by Gasteiger charge is -2.05. The molecule has 0 unspecified atom stereocenters. The number of nitrogens with zero attached hydrogens (tertiary/aromatic N) is 5. The number of benzene rings is 1. The zero-order valence-corrected chi connectivity index (χ0v) is 12.4. The predicted octanol–water partition coefficient (Wildman–Crippen LogP) is 2.65. The Bertz CT molecular complexity index is 746. The second kappa shape index (κ2) is 5.42. The van der Waals surface area contributed by atoms with E-state index in [0.717, 1.165) is 22.7 Å². The number of rotatable bonds is 4. The minimum atomic E-state index is 0.511. The summed E-state index contributed by atoms with van der Waals surface area (Å²) in [4.78, 5) is 8.85. The summed E-state index contributed by atoms with van der Waals surface area (Å²) in [5.41, 5.74) is 1.77. The summed E-state index contributed by atoms with van der Waals surface area (Å²) in [6, 6.07) is 5.75. The van der Waals surface area contributed by atoms with Gasteiger partial charge < -0.3 is 4.57 Å². The van der Waals surface area contributed by atoms with Crippen LogP contribution in [0.3, 0.4) is 0 Å². The topological polar surface area (TPSA) is 48.5 Å². The highest BCUT2D eigenvalue weighted by molar-refractivity contribution is 6.34. The van der Waals surface area contributed by atoms with E-state index in [-0.39, 0.29) is 0 Å². The van der Waals surface area contributed by atoms with Crippen molar-refractivity contribution < 1.29 is 0 Å². The lowest BCUT2D eigenvalue weighted by atomic mass is 10.3. The Hall–Kier alpha value is -1.59. The first kappa shape index (κ1) is 13.4. The van der Waals surface area contributed by atoms with E-state index in [9.17, 15) is 0 Å². The van der Waals surface area contributed by atoms with Gasteiger partial charge in [-0.25, -0.2) is 9.97 Å². The zero-order chi connectivity index (χ0) is 14.1. The second-order valence-electron chi connectivity index (χ2n) is 4.50. The Morgan fingerprint density at radius 2 is 2.15 bits per heavy atom. The van der Waals surface area contributed by atoms with Crippen molar-refractivity contribution >= 4 is 34.2 Å². The van der Waals surface area contributed by atoms with Crippen molar-refractivity contribution in [2.75, 3.05) is 5.88 Å². The molecule has 7 heteroatoms. The van der Waals surface area contributed by atoms with E-state index >= 15 is 0 Å². The number of aromatic nitrogens is 5. The first-order valence-corrected chi connectivity index (χ1v) is 7.14. The summed E-state index contributed by atoms with van der Waals surface area (Å²) in [6.07, 6.45) is 2.36. The molecule has 0 fully saturated rings. The van der Waals surface area contributed by atoms with Crippen molar-refractivity contribution in [2.24, 2.45) is 7.05 Å². The van der Waals surface area contributed by atoms with Gasteiger partial charge in [0, 0.05) is 19.3 Å². The van der Waals surface area contributed by atoms with Crippen molar-refractivity contribution in [3.8, 4) is 0 Å². The van der Waals surface area contributed by atoms with Gasteiger partial charge in [-0.3, -0.25) is 4.68 Å². The molecule has 0 N–H and O–H groups in total. The molecule has 3 aromatic rings. The number of alkyl halides is 1. The molecule has 2 heterocycles. The fourth-order valence-corrected chi connectivity index (χ4v) is 2.59. The highest BCUT2D eigenvalue weighted by Crippen LogP contribution is 2.24. The monoisotopic (exact) mass is 309 g/mol. The maximum Gasteiger partial charge on any atom is 0.170 e. The number of fused-ring (bicyclic) bond motifs is 1. The number of imidazole rings is 1. The summed E-state index contributed by atoms with van der Waals surface area (Å²) in [5, 5.41) is 4.95. The van der Waals surface area contributed by atoms with Crippen molar-refractivity contribution in [2.45, 2.75) is 13.0 Å². The van der Waals surface area contributed by atoms with Gasteiger partial charge >= 0.3 is 0 Å². The fraction of sp³-hybridized carbons (Fsp3) is 0.308. The molecular formula is C13H13Cl2N5. The predicted molar refractivity (Wildman–Crippen MR) is 79.3 cm³/mol. The Morgan fingerprint density at radius 1 is 1.30 bits per heavy atom. The quantitative estimate of drug-likeness (QED) is 0.696. The number of hydrogen-bond acceptors (Lipinski definition) is 3. The molecule has 0 atom stereocenters. The van der Waals surface area contributed by atoms with Crippen LogP contribution in [0.15, 0.2) is 24.5 Å². The maximum absolute atomic E-state index is 6.21. The molecule has 0 spiro atoms. The zero-order valence-electron chi connectivity index (χ0n) is 10.9. The van der Waals surface area contributed by atoms with Crippen LogP contribution < -0.4 is 0 Å². The molecule has 0 aliphatic heterocycles. The Balaban J connectivity index is 2.11. The molecule has 0 saturated carbocycles. The largest absolute Gasteiger partial charge is 0.320 e. The average molecular weight is 310 g/mol. The standard InChI is InChI=1S/C13H13Cl2N5/c1-19-8-16-11(18-19)7-20-10-4-2-3-9(15)13(10)17-12(20)5-6-14/h2-4,8H,5-7H2,1H3. The van der Waals surface area contributed by atoms with Gasteiger partial charge in [0.25, 0.3) is 0 Å². The molecule has 0 saturated heterocycles. The SMILES string of the molecule is Cn1cnc(Cn2c(CCCl)nc3c(Cl)cccc32)n1. The third-order valence-electron chi connectivity index (χ3n) is 3.07. The van der Waals surface area contributed by atoms with E-state index < -0.39 is 0 Å². The first-order valence-electron chi connectivity index (χ1n) is 6.23. The van der Waals surface area contributed by atoms with Crippen LogP contribution in [0.2, 0.25) is 5.02 Å². The van der Waals surface area contributed by atoms with Crippen molar-refractivity contribution in [3.63, 3.8) is 0 Å². The molecule has 0 aliphatic carbocycles. The van der Waals surface area contributed by atoms with Crippen LogP contribution in [0, 0.1) is 0 Å². The van der Waals surface area contributed by atoms with Crippen LogP contribution in [-0.4, -0.2) is 30.2 Å². The van der Waals surface area contributed by atoms with Crippen LogP contribution in [-0.2, 0) is 20.0 Å². The lowest BCUT2D eigenvalue weighted by molar-refractivity contribution is 0.688. The van der Waals surface area contributed by atoms with Gasteiger partial charge in [0.2, 0.25) is 0 Å². The summed E-state index contributed by atoms with van der Waals surface area (Å²) < 4.78 is 3.75. The molecule has 0 bridgehead atoms. The number of hydrogen-bond donors (Lipinski definition) is 0. The molecule has 104 valence electrons. The summed E-state index contributed by atoms with van der Waals surface area (Å²) in [7, 11) is 1.85. The minimum Gasteiger partial charge on any atom is -0.320 e. The number of halogens is 2. The molecule has 0 aliphatic rings. The minimum absolute atomic E-state index is 0.511. The van der Waals surface area contributed by atoms with Crippen LogP contribution in [0.4, 0.5) is 0 Å². The molecule has 2 aromatic heterocycles. The summed E-state index contributed by atoms with van der Waals surface area (Å²) in [5.74, 6) is 2.15. The van der Waals surface area contributed by atoms with Crippen molar-refractivity contribution in [1.29, 1.82) is 0 Å². The van der Waals surface area contributed by atoms with E-state index in [0.29, 0.717) is 23.9 Å². The third-order valence-corrected chi connectivity index (χ3v) is 3.57. The van der Waals surface area contributed by atoms with E-state index in [1.54, 1.807) is 11.0 Å². The van der Waals surface area contributed by atoms with Crippen LogP contribution in [0.1, 0.15) is 11.6 Å². The van der Waals surface area contributed by atoms with Crippen LogP contribution >= 0.6 is 23.2 Å². The molecule has 0 amide bonds. The summed E-state index contributed by atoms with van der Waals surface area (Å²) in [6.45, 7) is 0.559. The molecule has 5 nitrogen and oxygen atoms in total. The van der Waals surface area contributed by atoms with Gasteiger partial charge in [-0.2, -0.15) is 5.10 Å². The lowest BCUT2D eigenvalue weighted by Crippen LogP contribution is -2.07. The first-order chi connectivity index (χ1) is 9.69. The molecule has 20 heavy (non-hydrogen) atoms. The van der Waals surface area contributed by atoms with Gasteiger partial charge in [-0.15, -0.1) is 11.6 Å². The van der Waals surface area contributed by atoms with E-state index in [2.05, 4.69) is 19.6 Å². The number of para-hydroxylation sites is 1. The van der Waals surface area contributed by atoms with Crippen LogP contribution in [0.5, 0.6) is 0 Å². The third kappa shape index (κ3) is 2.39. The fourth-order valence-electron chi connectivity index (χ4n) is 2.21. The van der Waals surface area contributed by atoms with Gasteiger partial charge in [0.1, 0.15) is 17.7 Å². The van der Waals surface area contributed by atoms with E-state index in [1.807, 2.05) is 25.2 Å². The summed E-state index contributed by atoms with van der Waals surface area (Å²) >= 11 is 12.1. The van der Waals surface area contributed by atoms with Crippen molar-refractivity contribution in [1.82, 2.24) is 24.3 Å². The van der Waals surface area contributed by atoms with Gasteiger partial charge in [-0.05, 0) is 12.1 Å². The highest BCUT2D eigenvalue weighted by Gasteiger charge is 2.14. The smallest absolute Gasteiger partial charge is 0.170 e. The van der Waals surface area contributed by atoms with Gasteiger partial charge in [0.15, 0.2) is 5.82 Å². The van der Waals surface area contributed by atoms with Gasteiger partial charge in [-0.1, -0.05) is 17.7 Å². The molecule has 0 radical (unpaired) electrons. The Labute approximate surface area is 126 Å². The second-order valence-corrected chi connectivity index (χ2v) is 5.28. The molecule has 3 rings (SSSR count). The molecule has 1 aromatic carbocycles. The number of aryl methyl sites for hydroxylation is 2. The van der Waals surface area contributed by atoms with Gasteiger partial charge in [0.05, 0.1) is 17.1 Å². The Morgan fingerprint density at radius 3 is 2.85 bits per heavy atom. The average Bonchev–Trinajstić information content (AvgIpc) is 2.97. The maximum atomic E-state index is 6.21. The van der Waals surface area contributed by atoms with Crippen molar-refractivity contribution in [3.05, 3.63) is 41.2 Å². The Kier molecular flexibility index (Phi) is 3.63. The van der Waals surface area contributed by atoms with E-state index in [4.69, 9.17) is 23.2 Å². The molecular weight excluding hydrogens is 297 g/mol. The normalized spacial score (nSPS) is 11.3. The van der Waals surface area contributed by atoms with E-state index in [1.165, 1.54) is 0 Å².